The Bertz CT molecular complexity index is 1050. The summed E-state index contributed by atoms with van der Waals surface area (Å²) in [5, 5.41) is 0.114. The molecule has 28 heavy (non-hydrogen) atoms. The Morgan fingerprint density at radius 1 is 1.18 bits per heavy atom. The van der Waals surface area contributed by atoms with E-state index in [4.69, 9.17) is 0 Å². The Morgan fingerprint density at radius 3 is 2.61 bits per heavy atom. The Labute approximate surface area is 167 Å². The van der Waals surface area contributed by atoms with Gasteiger partial charge in [-0.1, -0.05) is 53.7 Å². The van der Waals surface area contributed by atoms with Gasteiger partial charge >= 0.3 is 0 Å². The molecule has 0 aliphatic carbocycles. The van der Waals surface area contributed by atoms with E-state index >= 15 is 0 Å². The van der Waals surface area contributed by atoms with Gasteiger partial charge < -0.3 is 4.90 Å². The number of hydrogen-bond acceptors (Lipinski definition) is 4. The van der Waals surface area contributed by atoms with Crippen LogP contribution in [0.25, 0.3) is 0 Å². The van der Waals surface area contributed by atoms with Gasteiger partial charge in [-0.15, -0.1) is 0 Å². The van der Waals surface area contributed by atoms with Crippen LogP contribution in [0.5, 0.6) is 0 Å². The molecule has 0 aromatic heterocycles. The second kappa shape index (κ2) is 7.33. The maximum atomic E-state index is 14.4. The molecule has 0 N–H and O–H groups in total. The van der Waals surface area contributed by atoms with Crippen molar-refractivity contribution in [2.24, 2.45) is 4.99 Å². The summed E-state index contributed by atoms with van der Waals surface area (Å²) in [7, 11) is -3.19. The minimum atomic E-state index is -3.19. The highest BCUT2D eigenvalue weighted by atomic mass is 32.2. The molecule has 2 heterocycles. The van der Waals surface area contributed by atoms with Crippen molar-refractivity contribution >= 4 is 38.4 Å². The van der Waals surface area contributed by atoms with E-state index in [1.165, 1.54) is 17.8 Å². The molecule has 0 radical (unpaired) electrons. The molecule has 1 amide bonds. The maximum absolute atomic E-state index is 14.4. The number of rotatable bonds is 3. The van der Waals surface area contributed by atoms with E-state index < -0.39 is 21.7 Å². The fraction of sp³-hybridized carbons (Fsp3) is 0.300. The number of carbonyl (C=O) groups excluding carboxylic acids is 1. The molecule has 0 bridgehead atoms. The van der Waals surface area contributed by atoms with Gasteiger partial charge in [-0.05, 0) is 24.6 Å². The number of halogens is 1. The van der Waals surface area contributed by atoms with Gasteiger partial charge in [-0.2, -0.15) is 4.99 Å². The first kappa shape index (κ1) is 19.1. The van der Waals surface area contributed by atoms with Crippen LogP contribution >= 0.6 is 11.8 Å². The highest BCUT2D eigenvalue weighted by molar-refractivity contribution is 8.16. The molecular formula is C20H19FN2O3S2. The first-order valence-corrected chi connectivity index (χ1v) is 11.6. The van der Waals surface area contributed by atoms with Crippen LogP contribution in [0.4, 0.5) is 10.1 Å². The monoisotopic (exact) mass is 418 g/mol. The van der Waals surface area contributed by atoms with Crippen molar-refractivity contribution in [3.8, 4) is 0 Å². The molecule has 2 saturated heterocycles. The molecule has 0 saturated carbocycles. The van der Waals surface area contributed by atoms with Crippen LogP contribution in [0.3, 0.4) is 0 Å². The van der Waals surface area contributed by atoms with Crippen LogP contribution in [-0.2, 0) is 21.1 Å². The van der Waals surface area contributed by atoms with Gasteiger partial charge in [0.1, 0.15) is 5.82 Å². The quantitative estimate of drug-likeness (QED) is 0.767. The molecule has 146 valence electrons. The minimum absolute atomic E-state index is 0.0124. The molecule has 2 aliphatic heterocycles. The first-order valence-electron chi connectivity index (χ1n) is 8.90. The van der Waals surface area contributed by atoms with E-state index in [1.807, 2.05) is 31.2 Å². The topological polar surface area (TPSA) is 66.8 Å². The molecule has 0 spiro atoms. The predicted molar refractivity (Wildman–Crippen MR) is 110 cm³/mol. The lowest BCUT2D eigenvalue weighted by atomic mass is 10.1. The molecule has 4 rings (SSSR count). The molecule has 2 fully saturated rings. The summed E-state index contributed by atoms with van der Waals surface area (Å²) in [5.41, 5.74) is 2.21. The Hall–Kier alpha value is -2.19. The van der Waals surface area contributed by atoms with Gasteiger partial charge in [0.25, 0.3) is 5.91 Å². The number of hydrogen-bond donors (Lipinski definition) is 0. The second-order valence-corrected chi connectivity index (χ2v) is 10.4. The van der Waals surface area contributed by atoms with Crippen LogP contribution in [-0.4, -0.2) is 42.3 Å². The van der Waals surface area contributed by atoms with E-state index in [1.54, 1.807) is 23.1 Å². The van der Waals surface area contributed by atoms with E-state index in [-0.39, 0.29) is 34.8 Å². The SMILES string of the molecule is Cc1ccc(CC(=O)N=C2S[C@H]3CS(=O)(=O)C[C@H]3N2c2ccccc2F)cc1. The van der Waals surface area contributed by atoms with Crippen LogP contribution in [0, 0.1) is 12.7 Å². The van der Waals surface area contributed by atoms with Gasteiger partial charge in [0, 0.05) is 5.25 Å². The number of para-hydroxylation sites is 1. The average molecular weight is 419 g/mol. The zero-order chi connectivity index (χ0) is 19.9. The van der Waals surface area contributed by atoms with Gasteiger partial charge in [-0.25, -0.2) is 12.8 Å². The Morgan fingerprint density at radius 2 is 1.89 bits per heavy atom. The highest BCUT2D eigenvalue weighted by Gasteiger charge is 2.49. The van der Waals surface area contributed by atoms with Gasteiger partial charge in [0.05, 0.1) is 29.7 Å². The summed E-state index contributed by atoms with van der Waals surface area (Å²) < 4.78 is 38.6. The lowest BCUT2D eigenvalue weighted by Crippen LogP contribution is -2.38. The summed E-state index contributed by atoms with van der Waals surface area (Å²) in [4.78, 5) is 18.3. The summed E-state index contributed by atoms with van der Waals surface area (Å²) in [6.45, 7) is 1.97. The van der Waals surface area contributed by atoms with Crippen LogP contribution in [0.1, 0.15) is 11.1 Å². The highest BCUT2D eigenvalue weighted by Crippen LogP contribution is 2.41. The molecule has 8 heteroatoms. The van der Waals surface area contributed by atoms with Crippen molar-refractivity contribution in [2.75, 3.05) is 16.4 Å². The van der Waals surface area contributed by atoms with Gasteiger partial charge in [0.15, 0.2) is 15.0 Å². The van der Waals surface area contributed by atoms with E-state index in [9.17, 15) is 17.6 Å². The van der Waals surface area contributed by atoms with Crippen molar-refractivity contribution in [2.45, 2.75) is 24.6 Å². The van der Waals surface area contributed by atoms with E-state index in [0.717, 1.165) is 11.1 Å². The zero-order valence-electron chi connectivity index (χ0n) is 15.2. The summed E-state index contributed by atoms with van der Waals surface area (Å²) in [5.74, 6) is -0.856. The molecular weight excluding hydrogens is 399 g/mol. The molecule has 2 aromatic carbocycles. The smallest absolute Gasteiger partial charge is 0.252 e. The number of benzene rings is 2. The average Bonchev–Trinajstić information content (AvgIpc) is 3.08. The molecule has 2 aliphatic rings. The summed E-state index contributed by atoms with van der Waals surface area (Å²) in [6.07, 6.45) is 0.142. The molecule has 2 aromatic rings. The van der Waals surface area contributed by atoms with Crippen LogP contribution < -0.4 is 4.90 Å². The fourth-order valence-electron chi connectivity index (χ4n) is 3.52. The minimum Gasteiger partial charge on any atom is -0.313 e. The number of thioether (sulfide) groups is 1. The standard InChI is InChI=1S/C20H19FN2O3S2/c1-13-6-8-14(9-7-13)10-19(24)22-20-23(16-5-3-2-4-15(16)21)17-11-28(25,26)12-18(17)27-20/h2-9,17-18H,10-12H2,1H3/t17-,18+/m1/s1. The fourth-order valence-corrected chi connectivity index (χ4v) is 7.44. The Balaban J connectivity index is 1.65. The van der Waals surface area contributed by atoms with Crippen molar-refractivity contribution in [3.63, 3.8) is 0 Å². The number of amidine groups is 1. The zero-order valence-corrected chi connectivity index (χ0v) is 16.8. The van der Waals surface area contributed by atoms with Crippen molar-refractivity contribution < 1.29 is 17.6 Å². The van der Waals surface area contributed by atoms with Gasteiger partial charge in [0.2, 0.25) is 0 Å². The third-order valence-corrected chi connectivity index (χ3v) is 8.08. The van der Waals surface area contributed by atoms with Crippen LogP contribution in [0.2, 0.25) is 0 Å². The number of anilines is 1. The largest absolute Gasteiger partial charge is 0.313 e. The summed E-state index contributed by atoms with van der Waals surface area (Å²) >= 11 is 1.25. The normalized spacial score (nSPS) is 24.5. The lowest BCUT2D eigenvalue weighted by molar-refractivity contribution is -0.117. The maximum Gasteiger partial charge on any atom is 0.252 e. The Kier molecular flexibility index (Phi) is 5.01. The predicted octanol–water partition coefficient (Wildman–Crippen LogP) is 2.98. The third-order valence-electron chi connectivity index (χ3n) is 4.87. The number of aliphatic imine (C=N–C) groups is 1. The lowest BCUT2D eigenvalue weighted by Gasteiger charge is -2.24. The van der Waals surface area contributed by atoms with Crippen molar-refractivity contribution in [1.29, 1.82) is 0 Å². The van der Waals surface area contributed by atoms with Gasteiger partial charge in [-0.3, -0.25) is 4.79 Å². The van der Waals surface area contributed by atoms with E-state index in [2.05, 4.69) is 4.99 Å². The molecule has 5 nitrogen and oxygen atoms in total. The molecule has 0 unspecified atom stereocenters. The number of nitrogens with zero attached hydrogens (tertiary/aromatic N) is 2. The first-order chi connectivity index (χ1) is 13.3. The number of fused-ring (bicyclic) bond motifs is 1. The van der Waals surface area contributed by atoms with Crippen molar-refractivity contribution in [3.05, 3.63) is 65.5 Å². The number of amides is 1. The van der Waals surface area contributed by atoms with Crippen LogP contribution in [0.15, 0.2) is 53.5 Å². The number of sulfone groups is 1. The third kappa shape index (κ3) is 3.84. The number of carbonyl (C=O) groups is 1. The second-order valence-electron chi connectivity index (χ2n) is 7.07. The molecule has 2 atom stereocenters. The van der Waals surface area contributed by atoms with Crippen molar-refractivity contribution in [1.82, 2.24) is 0 Å². The summed E-state index contributed by atoms with van der Waals surface area (Å²) in [6, 6.07) is 13.4. The number of aryl methyl sites for hydroxylation is 1. The van der Waals surface area contributed by atoms with E-state index in [0.29, 0.717) is 5.17 Å².